The van der Waals surface area contributed by atoms with Crippen molar-refractivity contribution >= 4 is 38.7 Å². The molecule has 1 N–H and O–H groups in total. The first-order chi connectivity index (χ1) is 12.1. The van der Waals surface area contributed by atoms with E-state index in [2.05, 4.69) is 29.0 Å². The lowest BCUT2D eigenvalue weighted by Crippen LogP contribution is -2.20. The van der Waals surface area contributed by atoms with Gasteiger partial charge in [-0.3, -0.25) is 4.90 Å². The average molecular weight is 374 g/mol. The summed E-state index contributed by atoms with van der Waals surface area (Å²) in [6, 6.07) is 0. The van der Waals surface area contributed by atoms with Crippen molar-refractivity contribution in [2.45, 2.75) is 46.7 Å². The molecule has 1 fully saturated rings. The molecule has 0 atom stereocenters. The minimum atomic E-state index is 0.759. The topological polar surface area (TPSA) is 53.9 Å². The van der Waals surface area contributed by atoms with E-state index in [-0.39, 0.29) is 0 Å². The number of hydrogen-bond donors (Lipinski definition) is 1. The molecule has 1 aliphatic rings. The Bertz CT molecular complexity index is 892. The minimum absolute atomic E-state index is 0.759. The van der Waals surface area contributed by atoms with Crippen LogP contribution in [-0.4, -0.2) is 32.9 Å². The number of likely N-dealkylation sites (tertiary alicyclic amines) is 1. The van der Waals surface area contributed by atoms with Gasteiger partial charge in [-0.1, -0.05) is 0 Å². The first kappa shape index (κ1) is 16.9. The van der Waals surface area contributed by atoms with Crippen LogP contribution in [0.15, 0.2) is 6.20 Å². The van der Waals surface area contributed by atoms with E-state index in [1.165, 1.54) is 33.5 Å². The van der Waals surface area contributed by atoms with Gasteiger partial charge in [-0.2, -0.15) is 0 Å². The van der Waals surface area contributed by atoms with Crippen molar-refractivity contribution in [3.8, 4) is 0 Å². The van der Waals surface area contributed by atoms with Gasteiger partial charge in [0.1, 0.15) is 16.5 Å². The molecule has 0 spiro atoms. The first-order valence-corrected chi connectivity index (χ1v) is 10.4. The van der Waals surface area contributed by atoms with Gasteiger partial charge in [0.15, 0.2) is 0 Å². The van der Waals surface area contributed by atoms with E-state index in [1.54, 1.807) is 22.7 Å². The number of nitrogens with zero attached hydrogens (tertiary/aromatic N) is 4. The lowest BCUT2D eigenvalue weighted by Gasteiger charge is -2.14. The highest BCUT2D eigenvalue weighted by Crippen LogP contribution is 2.34. The zero-order chi connectivity index (χ0) is 17.4. The molecule has 0 amide bonds. The highest BCUT2D eigenvalue weighted by Gasteiger charge is 2.18. The van der Waals surface area contributed by atoms with Crippen molar-refractivity contribution in [3.63, 3.8) is 0 Å². The van der Waals surface area contributed by atoms with Gasteiger partial charge in [0.25, 0.3) is 0 Å². The van der Waals surface area contributed by atoms with Crippen molar-refractivity contribution in [1.82, 2.24) is 19.9 Å². The molecule has 0 unspecified atom stereocenters. The summed E-state index contributed by atoms with van der Waals surface area (Å²) in [6.07, 6.45) is 4.52. The van der Waals surface area contributed by atoms with E-state index in [4.69, 9.17) is 9.97 Å². The second-order valence-corrected chi connectivity index (χ2v) is 9.16. The van der Waals surface area contributed by atoms with E-state index >= 15 is 0 Å². The Kier molecular flexibility index (Phi) is 4.71. The van der Waals surface area contributed by atoms with Crippen molar-refractivity contribution in [2.75, 3.05) is 18.4 Å². The van der Waals surface area contributed by atoms with E-state index < -0.39 is 0 Å². The van der Waals surface area contributed by atoms with E-state index in [0.29, 0.717) is 0 Å². The summed E-state index contributed by atoms with van der Waals surface area (Å²) in [5.74, 6) is 1.89. The fraction of sp³-hybridized carbons (Fsp3) is 0.500. The minimum Gasteiger partial charge on any atom is -0.364 e. The Hall–Kier alpha value is -1.57. The molecule has 0 saturated carbocycles. The van der Waals surface area contributed by atoms with Gasteiger partial charge < -0.3 is 5.32 Å². The van der Waals surface area contributed by atoms with E-state index in [0.717, 1.165) is 47.7 Å². The van der Waals surface area contributed by atoms with Crippen LogP contribution in [0.4, 0.5) is 5.82 Å². The Labute approximate surface area is 156 Å². The predicted octanol–water partition coefficient (Wildman–Crippen LogP) is 4.28. The molecule has 0 aliphatic carbocycles. The number of rotatable bonds is 5. The molecule has 3 aromatic heterocycles. The van der Waals surface area contributed by atoms with E-state index in [9.17, 15) is 0 Å². The van der Waals surface area contributed by atoms with Crippen molar-refractivity contribution in [3.05, 3.63) is 32.3 Å². The molecular weight excluding hydrogens is 350 g/mol. The monoisotopic (exact) mass is 373 g/mol. The number of nitrogens with one attached hydrogen (secondary N) is 1. The molecule has 1 saturated heterocycles. The Morgan fingerprint density at radius 1 is 1.12 bits per heavy atom. The molecule has 132 valence electrons. The fourth-order valence-corrected chi connectivity index (χ4v) is 5.07. The maximum absolute atomic E-state index is 4.89. The molecule has 0 aromatic carbocycles. The van der Waals surface area contributed by atoms with Crippen LogP contribution in [0.3, 0.4) is 0 Å². The van der Waals surface area contributed by atoms with Gasteiger partial charge in [-0.15, -0.1) is 22.7 Å². The molecule has 3 aromatic rings. The third-order valence-corrected chi connectivity index (χ3v) is 6.75. The molecule has 0 radical (unpaired) electrons. The molecule has 25 heavy (non-hydrogen) atoms. The van der Waals surface area contributed by atoms with Gasteiger partial charge in [-0.05, 0) is 52.3 Å². The highest BCUT2D eigenvalue weighted by atomic mass is 32.1. The molecule has 7 heteroatoms. The third kappa shape index (κ3) is 3.54. The number of hydrogen-bond acceptors (Lipinski definition) is 7. The smallest absolute Gasteiger partial charge is 0.146 e. The van der Waals surface area contributed by atoms with E-state index in [1.807, 2.05) is 13.1 Å². The van der Waals surface area contributed by atoms with Gasteiger partial charge in [0.05, 0.1) is 23.5 Å². The molecule has 4 heterocycles. The third-order valence-electron chi connectivity index (χ3n) is 4.74. The normalized spacial score (nSPS) is 15.3. The first-order valence-electron chi connectivity index (χ1n) is 8.74. The van der Waals surface area contributed by atoms with Crippen LogP contribution in [-0.2, 0) is 13.1 Å². The van der Waals surface area contributed by atoms with Crippen molar-refractivity contribution in [1.29, 1.82) is 0 Å². The van der Waals surface area contributed by atoms with Crippen molar-refractivity contribution < 1.29 is 0 Å². The van der Waals surface area contributed by atoms with Crippen LogP contribution in [0, 0.1) is 20.8 Å². The zero-order valence-electron chi connectivity index (χ0n) is 14.9. The zero-order valence-corrected chi connectivity index (χ0v) is 16.6. The highest BCUT2D eigenvalue weighted by molar-refractivity contribution is 7.18. The number of thiophene rings is 1. The van der Waals surface area contributed by atoms with Crippen LogP contribution in [0.2, 0.25) is 0 Å². The molecule has 4 rings (SSSR count). The summed E-state index contributed by atoms with van der Waals surface area (Å²) in [4.78, 5) is 20.2. The van der Waals surface area contributed by atoms with Gasteiger partial charge in [-0.25, -0.2) is 15.0 Å². The van der Waals surface area contributed by atoms with Crippen LogP contribution in [0.25, 0.3) is 10.2 Å². The SMILES string of the molecule is Cc1ncc(CNc2nc(CN3CCCC3)nc3sc(C)c(C)c23)s1. The van der Waals surface area contributed by atoms with Crippen LogP contribution in [0.1, 0.15) is 39.0 Å². The Morgan fingerprint density at radius 3 is 2.64 bits per heavy atom. The number of aromatic nitrogens is 3. The summed E-state index contributed by atoms with van der Waals surface area (Å²) in [6.45, 7) is 10.3. The molecular formula is C18H23N5S2. The number of anilines is 1. The van der Waals surface area contributed by atoms with Gasteiger partial charge in [0.2, 0.25) is 0 Å². The summed E-state index contributed by atoms with van der Waals surface area (Å²) in [5.41, 5.74) is 1.29. The molecule has 1 aliphatic heterocycles. The summed E-state index contributed by atoms with van der Waals surface area (Å²) in [7, 11) is 0. The predicted molar refractivity (Wildman–Crippen MR) is 106 cm³/mol. The number of fused-ring (bicyclic) bond motifs is 1. The summed E-state index contributed by atoms with van der Waals surface area (Å²) in [5, 5.41) is 5.82. The maximum atomic E-state index is 4.89. The van der Waals surface area contributed by atoms with Gasteiger partial charge in [0, 0.05) is 16.0 Å². The largest absolute Gasteiger partial charge is 0.364 e. The number of aryl methyl sites for hydroxylation is 3. The second kappa shape index (κ2) is 6.97. The summed E-state index contributed by atoms with van der Waals surface area (Å²) >= 11 is 3.50. The maximum Gasteiger partial charge on any atom is 0.146 e. The van der Waals surface area contributed by atoms with Gasteiger partial charge >= 0.3 is 0 Å². The van der Waals surface area contributed by atoms with Crippen LogP contribution >= 0.6 is 22.7 Å². The lowest BCUT2D eigenvalue weighted by atomic mass is 10.2. The summed E-state index contributed by atoms with van der Waals surface area (Å²) < 4.78 is 0. The molecule has 0 bridgehead atoms. The Balaban J connectivity index is 1.66. The van der Waals surface area contributed by atoms with Crippen molar-refractivity contribution in [2.24, 2.45) is 0 Å². The number of thiazole rings is 1. The Morgan fingerprint density at radius 2 is 1.92 bits per heavy atom. The second-order valence-electron chi connectivity index (χ2n) is 6.63. The quantitative estimate of drug-likeness (QED) is 0.723. The average Bonchev–Trinajstić information content (AvgIpc) is 3.29. The van der Waals surface area contributed by atoms with Crippen LogP contribution < -0.4 is 5.32 Å². The molecule has 5 nitrogen and oxygen atoms in total. The fourth-order valence-electron chi connectivity index (χ4n) is 3.29. The lowest BCUT2D eigenvalue weighted by molar-refractivity contribution is 0.323. The van der Waals surface area contributed by atoms with Crippen LogP contribution in [0.5, 0.6) is 0 Å². The standard InChI is InChI=1S/C18H23N5S2/c1-11-12(2)24-18-16(11)17(20-9-14-8-19-13(3)25-14)21-15(22-18)10-23-6-4-5-7-23/h8H,4-7,9-10H2,1-3H3,(H,20,21,22).